The predicted molar refractivity (Wildman–Crippen MR) is 73.9 cm³/mol. The summed E-state index contributed by atoms with van der Waals surface area (Å²) in [5.41, 5.74) is 1.82. The molecule has 0 bridgehead atoms. The smallest absolute Gasteiger partial charge is 0.328 e. The molecule has 0 aliphatic carbocycles. The summed E-state index contributed by atoms with van der Waals surface area (Å²) in [7, 11) is 0. The first-order chi connectivity index (χ1) is 9.09. The van der Waals surface area contributed by atoms with E-state index in [1.807, 2.05) is 38.1 Å². The Kier molecular flexibility index (Phi) is 6.85. The Labute approximate surface area is 113 Å². The van der Waals surface area contributed by atoms with Crippen LogP contribution in [0.1, 0.15) is 25.0 Å². The number of rotatable bonds is 8. The monoisotopic (exact) mass is 264 g/mol. The highest BCUT2D eigenvalue weighted by Crippen LogP contribution is 2.12. The zero-order chi connectivity index (χ0) is 14.1. The van der Waals surface area contributed by atoms with E-state index in [1.54, 1.807) is 6.08 Å². The molecule has 0 heterocycles. The topological polar surface area (TPSA) is 55.8 Å². The third-order valence-corrected chi connectivity index (χ3v) is 2.40. The third-order valence-electron chi connectivity index (χ3n) is 2.40. The van der Waals surface area contributed by atoms with Gasteiger partial charge in [-0.1, -0.05) is 24.3 Å². The molecule has 0 saturated carbocycles. The molecule has 0 aliphatic heterocycles. The number of ether oxygens (including phenoxy) is 2. The van der Waals surface area contributed by atoms with Crippen LogP contribution < -0.4 is 0 Å². The number of carboxylic acid groups (broad SMARTS) is 1. The van der Waals surface area contributed by atoms with Crippen molar-refractivity contribution in [1.82, 2.24) is 0 Å². The van der Waals surface area contributed by atoms with Crippen molar-refractivity contribution >= 4 is 12.0 Å². The fourth-order valence-corrected chi connectivity index (χ4v) is 1.51. The standard InChI is InChI=1S/C15H20O4/c1-12(2)19-10-9-18-11-14-6-4-3-5-13(14)7-8-15(16)17/h3-8,12H,9-11H2,1-2H3,(H,16,17)/b8-7+. The lowest BCUT2D eigenvalue weighted by molar-refractivity contribution is -0.131. The molecule has 0 radical (unpaired) electrons. The van der Waals surface area contributed by atoms with Gasteiger partial charge in [0.15, 0.2) is 0 Å². The minimum atomic E-state index is -0.957. The van der Waals surface area contributed by atoms with Gasteiger partial charge in [0.1, 0.15) is 0 Å². The van der Waals surface area contributed by atoms with Crippen molar-refractivity contribution in [3.05, 3.63) is 41.5 Å². The maximum atomic E-state index is 10.5. The molecule has 0 aliphatic rings. The molecular formula is C15H20O4. The van der Waals surface area contributed by atoms with Crippen molar-refractivity contribution in [1.29, 1.82) is 0 Å². The lowest BCUT2D eigenvalue weighted by atomic mass is 10.1. The van der Waals surface area contributed by atoms with Crippen LogP contribution in [-0.4, -0.2) is 30.4 Å². The highest BCUT2D eigenvalue weighted by molar-refractivity contribution is 5.85. The van der Waals surface area contributed by atoms with Crippen molar-refractivity contribution in [3.8, 4) is 0 Å². The van der Waals surface area contributed by atoms with Crippen LogP contribution in [0.3, 0.4) is 0 Å². The van der Waals surface area contributed by atoms with Gasteiger partial charge in [0, 0.05) is 6.08 Å². The average Bonchev–Trinajstić information content (AvgIpc) is 2.36. The lowest BCUT2D eigenvalue weighted by Crippen LogP contribution is -2.09. The first-order valence-electron chi connectivity index (χ1n) is 6.28. The minimum Gasteiger partial charge on any atom is -0.478 e. The van der Waals surface area contributed by atoms with Crippen molar-refractivity contribution in [2.24, 2.45) is 0 Å². The van der Waals surface area contributed by atoms with Gasteiger partial charge in [-0.05, 0) is 31.1 Å². The van der Waals surface area contributed by atoms with E-state index in [9.17, 15) is 4.79 Å². The number of benzene rings is 1. The fraction of sp³-hybridized carbons (Fsp3) is 0.400. The van der Waals surface area contributed by atoms with Crippen LogP contribution >= 0.6 is 0 Å². The van der Waals surface area contributed by atoms with Crippen LogP contribution in [0.2, 0.25) is 0 Å². The van der Waals surface area contributed by atoms with Crippen molar-refractivity contribution < 1.29 is 19.4 Å². The minimum absolute atomic E-state index is 0.203. The van der Waals surface area contributed by atoms with E-state index in [0.29, 0.717) is 19.8 Å². The molecule has 0 atom stereocenters. The molecule has 0 saturated heterocycles. The zero-order valence-electron chi connectivity index (χ0n) is 11.3. The van der Waals surface area contributed by atoms with Crippen LogP contribution in [0.15, 0.2) is 30.3 Å². The highest BCUT2D eigenvalue weighted by Gasteiger charge is 2.00. The molecule has 1 N–H and O–H groups in total. The van der Waals surface area contributed by atoms with Gasteiger partial charge in [-0.3, -0.25) is 0 Å². The molecule has 0 fully saturated rings. The molecule has 0 spiro atoms. The normalized spacial score (nSPS) is 11.3. The van der Waals surface area contributed by atoms with Gasteiger partial charge in [-0.25, -0.2) is 4.79 Å². The Morgan fingerprint density at radius 1 is 1.32 bits per heavy atom. The summed E-state index contributed by atoms with van der Waals surface area (Å²) in [6, 6.07) is 7.56. The van der Waals surface area contributed by atoms with E-state index in [2.05, 4.69) is 0 Å². The summed E-state index contributed by atoms with van der Waals surface area (Å²) in [4.78, 5) is 10.5. The van der Waals surface area contributed by atoms with Crippen LogP contribution in [0, 0.1) is 0 Å². The predicted octanol–water partition coefficient (Wildman–Crippen LogP) is 2.73. The van der Waals surface area contributed by atoms with Gasteiger partial charge < -0.3 is 14.6 Å². The van der Waals surface area contributed by atoms with Crippen molar-refractivity contribution in [2.75, 3.05) is 13.2 Å². The summed E-state index contributed by atoms with van der Waals surface area (Å²) in [6.45, 7) is 5.49. The van der Waals surface area contributed by atoms with E-state index in [0.717, 1.165) is 17.2 Å². The second-order valence-corrected chi connectivity index (χ2v) is 4.34. The number of carboxylic acids is 1. The van der Waals surface area contributed by atoms with E-state index in [4.69, 9.17) is 14.6 Å². The first-order valence-corrected chi connectivity index (χ1v) is 6.28. The molecule has 1 aromatic carbocycles. The average molecular weight is 264 g/mol. The second-order valence-electron chi connectivity index (χ2n) is 4.34. The Hall–Kier alpha value is -1.65. The van der Waals surface area contributed by atoms with Crippen LogP contribution in [0.4, 0.5) is 0 Å². The van der Waals surface area contributed by atoms with Gasteiger partial charge in [0.25, 0.3) is 0 Å². The van der Waals surface area contributed by atoms with Gasteiger partial charge in [0.2, 0.25) is 0 Å². The molecule has 4 nitrogen and oxygen atoms in total. The van der Waals surface area contributed by atoms with Crippen LogP contribution in [0.5, 0.6) is 0 Å². The molecule has 104 valence electrons. The van der Waals surface area contributed by atoms with E-state index < -0.39 is 5.97 Å². The number of aliphatic carboxylic acids is 1. The summed E-state index contributed by atoms with van der Waals surface area (Å²) in [6.07, 6.45) is 2.90. The molecule has 0 amide bonds. The molecule has 19 heavy (non-hydrogen) atoms. The Morgan fingerprint density at radius 2 is 2.05 bits per heavy atom. The maximum absolute atomic E-state index is 10.5. The van der Waals surface area contributed by atoms with Crippen molar-refractivity contribution in [2.45, 2.75) is 26.6 Å². The molecule has 1 rings (SSSR count). The number of hydrogen-bond donors (Lipinski definition) is 1. The van der Waals surface area contributed by atoms with E-state index >= 15 is 0 Å². The van der Waals surface area contributed by atoms with E-state index in [1.165, 1.54) is 0 Å². The summed E-state index contributed by atoms with van der Waals surface area (Å²) >= 11 is 0. The fourth-order valence-electron chi connectivity index (χ4n) is 1.51. The van der Waals surface area contributed by atoms with Crippen LogP contribution in [-0.2, 0) is 20.9 Å². The highest BCUT2D eigenvalue weighted by atomic mass is 16.5. The Balaban J connectivity index is 2.47. The van der Waals surface area contributed by atoms with Crippen LogP contribution in [0.25, 0.3) is 6.08 Å². The Bertz CT molecular complexity index is 424. The molecule has 0 unspecified atom stereocenters. The summed E-state index contributed by atoms with van der Waals surface area (Å²) < 4.78 is 10.9. The number of carbonyl (C=O) groups is 1. The van der Waals surface area contributed by atoms with Gasteiger partial charge in [-0.15, -0.1) is 0 Å². The Morgan fingerprint density at radius 3 is 2.74 bits per heavy atom. The quantitative estimate of drug-likeness (QED) is 0.579. The van der Waals surface area contributed by atoms with Crippen molar-refractivity contribution in [3.63, 3.8) is 0 Å². The third kappa shape index (κ3) is 6.74. The van der Waals surface area contributed by atoms with Gasteiger partial charge >= 0.3 is 5.97 Å². The maximum Gasteiger partial charge on any atom is 0.328 e. The summed E-state index contributed by atoms with van der Waals surface area (Å²) in [5.74, 6) is -0.957. The number of hydrogen-bond acceptors (Lipinski definition) is 3. The largest absolute Gasteiger partial charge is 0.478 e. The van der Waals surface area contributed by atoms with E-state index in [-0.39, 0.29) is 6.10 Å². The van der Waals surface area contributed by atoms with Gasteiger partial charge in [0.05, 0.1) is 25.9 Å². The summed E-state index contributed by atoms with van der Waals surface area (Å²) in [5, 5.41) is 8.63. The SMILES string of the molecule is CC(C)OCCOCc1ccccc1/C=C/C(=O)O. The molecule has 0 aromatic heterocycles. The van der Waals surface area contributed by atoms with Gasteiger partial charge in [-0.2, -0.15) is 0 Å². The first kappa shape index (κ1) is 15.4. The molecule has 4 heteroatoms. The zero-order valence-corrected chi connectivity index (χ0v) is 11.3. The lowest BCUT2D eigenvalue weighted by Gasteiger charge is -2.09. The molecule has 1 aromatic rings. The molecular weight excluding hydrogens is 244 g/mol. The second kappa shape index (κ2) is 8.45.